The van der Waals surface area contributed by atoms with Gasteiger partial charge in [0.2, 0.25) is 5.01 Å². The third kappa shape index (κ3) is 4.39. The van der Waals surface area contributed by atoms with Crippen molar-refractivity contribution in [2.75, 3.05) is 0 Å². The summed E-state index contributed by atoms with van der Waals surface area (Å²) in [6, 6.07) is 9.83. The van der Waals surface area contributed by atoms with Crippen LogP contribution in [-0.4, -0.2) is 25.7 Å². The molecule has 7 nitrogen and oxygen atoms in total. The van der Waals surface area contributed by atoms with Crippen molar-refractivity contribution in [2.45, 2.75) is 24.4 Å². The summed E-state index contributed by atoms with van der Waals surface area (Å²) in [4.78, 5) is 29.2. The highest BCUT2D eigenvalue weighted by atomic mass is 32.2. The number of hydrogen-bond donors (Lipinski definition) is 1. The van der Waals surface area contributed by atoms with E-state index in [1.807, 2.05) is 42.6 Å². The highest BCUT2D eigenvalue weighted by Crippen LogP contribution is 2.24. The van der Waals surface area contributed by atoms with E-state index in [9.17, 15) is 9.59 Å². The van der Waals surface area contributed by atoms with E-state index in [1.54, 1.807) is 11.6 Å². The minimum atomic E-state index is -0.246. The number of amides is 1. The van der Waals surface area contributed by atoms with Gasteiger partial charge < -0.3 is 5.32 Å². The molecule has 148 valence electrons. The van der Waals surface area contributed by atoms with Gasteiger partial charge in [0.25, 0.3) is 11.5 Å². The molecule has 1 N–H and O–H groups in total. The van der Waals surface area contributed by atoms with Crippen molar-refractivity contribution in [1.82, 2.24) is 25.1 Å². The molecule has 4 rings (SSSR count). The maximum Gasteiger partial charge on any atom is 0.282 e. The zero-order chi connectivity index (χ0) is 20.4. The second kappa shape index (κ2) is 8.44. The zero-order valence-corrected chi connectivity index (χ0v) is 18.2. The van der Waals surface area contributed by atoms with Crippen LogP contribution in [0.5, 0.6) is 0 Å². The number of thioether (sulfide) groups is 1. The third-order valence-electron chi connectivity index (χ3n) is 4.21. The third-order valence-corrected chi connectivity index (χ3v) is 7.24. The van der Waals surface area contributed by atoms with E-state index >= 15 is 0 Å². The Balaban J connectivity index is 1.39. The lowest BCUT2D eigenvalue weighted by Gasteiger charge is -2.05. The summed E-state index contributed by atoms with van der Waals surface area (Å²) in [7, 11) is 1.71. The number of carbonyl (C=O) groups is 1. The maximum atomic E-state index is 12.4. The maximum absolute atomic E-state index is 12.4. The van der Waals surface area contributed by atoms with E-state index in [0.717, 1.165) is 5.56 Å². The Morgan fingerprint density at radius 1 is 1.21 bits per heavy atom. The van der Waals surface area contributed by atoms with Crippen LogP contribution in [-0.2, 0) is 19.3 Å². The molecule has 29 heavy (non-hydrogen) atoms. The van der Waals surface area contributed by atoms with Crippen LogP contribution in [0.25, 0.3) is 10.2 Å². The van der Waals surface area contributed by atoms with Crippen LogP contribution in [0.2, 0.25) is 0 Å². The SMILES string of the molecule is Cc1ccc(CNC(=O)c2nnc(CSc3nc4ccsc4c(=O)n3C)s2)cc1. The number of carbonyl (C=O) groups excluding carboxylic acids is 1. The van der Waals surface area contributed by atoms with E-state index in [4.69, 9.17) is 0 Å². The molecule has 3 aromatic heterocycles. The summed E-state index contributed by atoms with van der Waals surface area (Å²) in [6.07, 6.45) is 0. The molecule has 0 saturated carbocycles. The fourth-order valence-corrected chi connectivity index (χ4v) is 5.11. The van der Waals surface area contributed by atoms with Gasteiger partial charge in [0.1, 0.15) is 9.71 Å². The largest absolute Gasteiger partial charge is 0.346 e. The van der Waals surface area contributed by atoms with E-state index in [-0.39, 0.29) is 11.5 Å². The molecule has 3 heterocycles. The fourth-order valence-electron chi connectivity index (χ4n) is 2.59. The van der Waals surface area contributed by atoms with Gasteiger partial charge in [-0.25, -0.2) is 4.98 Å². The van der Waals surface area contributed by atoms with Crippen molar-refractivity contribution in [3.8, 4) is 0 Å². The van der Waals surface area contributed by atoms with Gasteiger partial charge in [0.15, 0.2) is 5.16 Å². The van der Waals surface area contributed by atoms with Crippen molar-refractivity contribution >= 4 is 50.6 Å². The summed E-state index contributed by atoms with van der Waals surface area (Å²) < 4.78 is 2.19. The van der Waals surface area contributed by atoms with Gasteiger partial charge in [-0.2, -0.15) is 0 Å². The van der Waals surface area contributed by atoms with Crippen molar-refractivity contribution in [3.05, 3.63) is 67.2 Å². The number of rotatable bonds is 6. The standard InChI is InChI=1S/C19H17N5O2S3/c1-11-3-5-12(6-4-11)9-20-16(25)17-23-22-14(29-17)10-28-19-21-13-7-8-27-15(13)18(26)24(19)2/h3-8H,9-10H2,1-2H3,(H,20,25). The highest BCUT2D eigenvalue weighted by Gasteiger charge is 2.15. The average molecular weight is 444 g/mol. The Bertz CT molecular complexity index is 1230. The predicted octanol–water partition coefficient (Wildman–Crippen LogP) is 3.38. The van der Waals surface area contributed by atoms with Crippen molar-refractivity contribution in [2.24, 2.45) is 7.05 Å². The molecule has 10 heteroatoms. The van der Waals surface area contributed by atoms with E-state index in [2.05, 4.69) is 20.5 Å². The Morgan fingerprint density at radius 2 is 2.00 bits per heavy atom. The summed E-state index contributed by atoms with van der Waals surface area (Å²) >= 11 is 4.04. The van der Waals surface area contributed by atoms with Crippen LogP contribution in [0, 0.1) is 6.92 Å². The lowest BCUT2D eigenvalue weighted by Crippen LogP contribution is -2.22. The molecule has 0 unspecified atom stereocenters. The number of aromatic nitrogens is 4. The molecule has 0 atom stereocenters. The number of hydrogen-bond acceptors (Lipinski definition) is 8. The summed E-state index contributed by atoms with van der Waals surface area (Å²) in [5.41, 5.74) is 2.85. The van der Waals surface area contributed by atoms with Crippen molar-refractivity contribution < 1.29 is 4.79 Å². The first kappa shape index (κ1) is 19.7. The summed E-state index contributed by atoms with van der Waals surface area (Å²) in [5.74, 6) is 0.239. The number of thiophene rings is 1. The number of nitrogens with zero attached hydrogens (tertiary/aromatic N) is 4. The smallest absolute Gasteiger partial charge is 0.282 e. The molecule has 0 radical (unpaired) electrons. The first-order valence-corrected chi connectivity index (χ1v) is 11.4. The van der Waals surface area contributed by atoms with Crippen LogP contribution >= 0.6 is 34.4 Å². The molecule has 0 aliphatic rings. The zero-order valence-electron chi connectivity index (χ0n) is 15.7. The Hall–Kier alpha value is -2.56. The van der Waals surface area contributed by atoms with Gasteiger partial charge in [-0.3, -0.25) is 14.2 Å². The summed E-state index contributed by atoms with van der Waals surface area (Å²) in [5, 5.41) is 14.4. The van der Waals surface area contributed by atoms with Crippen molar-refractivity contribution in [3.63, 3.8) is 0 Å². The van der Waals surface area contributed by atoms with Crippen LogP contribution < -0.4 is 10.9 Å². The molecule has 4 aromatic rings. The molecule has 0 fully saturated rings. The normalized spacial score (nSPS) is 11.1. The predicted molar refractivity (Wildman–Crippen MR) is 117 cm³/mol. The van der Waals surface area contributed by atoms with Gasteiger partial charge in [0, 0.05) is 13.6 Å². The lowest BCUT2D eigenvalue weighted by molar-refractivity contribution is 0.0950. The quantitative estimate of drug-likeness (QED) is 0.363. The van der Waals surface area contributed by atoms with Crippen LogP contribution in [0.3, 0.4) is 0 Å². The Kier molecular flexibility index (Phi) is 5.74. The Labute approximate surface area is 178 Å². The number of aryl methyl sites for hydroxylation is 1. The summed E-state index contributed by atoms with van der Waals surface area (Å²) in [6.45, 7) is 2.46. The molecule has 0 saturated heterocycles. The molecule has 0 bridgehead atoms. The van der Waals surface area contributed by atoms with Gasteiger partial charge in [-0.15, -0.1) is 21.5 Å². The molecule has 0 aliphatic carbocycles. The number of nitrogens with one attached hydrogen (secondary N) is 1. The number of benzene rings is 1. The minimum absolute atomic E-state index is 0.0547. The second-order valence-electron chi connectivity index (χ2n) is 6.35. The first-order valence-electron chi connectivity index (χ1n) is 8.74. The van der Waals surface area contributed by atoms with Gasteiger partial charge in [-0.05, 0) is 23.9 Å². The molecule has 1 amide bonds. The molecule has 1 aromatic carbocycles. The van der Waals surface area contributed by atoms with Gasteiger partial charge in [-0.1, -0.05) is 52.9 Å². The van der Waals surface area contributed by atoms with Crippen molar-refractivity contribution in [1.29, 1.82) is 0 Å². The lowest BCUT2D eigenvalue weighted by atomic mass is 10.1. The van der Waals surface area contributed by atoms with E-state index < -0.39 is 0 Å². The molecule has 0 spiro atoms. The molecule has 0 aliphatic heterocycles. The Morgan fingerprint density at radius 3 is 2.79 bits per heavy atom. The molecular formula is C19H17N5O2S3. The first-order chi connectivity index (χ1) is 14.0. The highest BCUT2D eigenvalue weighted by molar-refractivity contribution is 7.98. The van der Waals surface area contributed by atoms with E-state index in [0.29, 0.717) is 37.7 Å². The van der Waals surface area contributed by atoms with Crippen LogP contribution in [0.15, 0.2) is 45.7 Å². The fraction of sp³-hybridized carbons (Fsp3) is 0.211. The monoisotopic (exact) mass is 443 g/mol. The van der Waals surface area contributed by atoms with Gasteiger partial charge >= 0.3 is 0 Å². The van der Waals surface area contributed by atoms with Gasteiger partial charge in [0.05, 0.1) is 11.3 Å². The molecular weight excluding hydrogens is 426 g/mol. The average Bonchev–Trinajstić information content (AvgIpc) is 3.38. The van der Waals surface area contributed by atoms with Crippen LogP contribution in [0.4, 0.5) is 0 Å². The number of fused-ring (bicyclic) bond motifs is 1. The topological polar surface area (TPSA) is 89.8 Å². The van der Waals surface area contributed by atoms with E-state index in [1.165, 1.54) is 40.0 Å². The second-order valence-corrected chi connectivity index (χ2v) is 9.27. The minimum Gasteiger partial charge on any atom is -0.346 e. The van der Waals surface area contributed by atoms with Crippen LogP contribution in [0.1, 0.15) is 25.9 Å².